The van der Waals surface area contributed by atoms with Crippen molar-refractivity contribution >= 4 is 20.6 Å². The van der Waals surface area contributed by atoms with E-state index in [1.54, 1.807) is 38.1 Å². The fraction of sp³-hybridized carbons (Fsp3) is 0.235. The van der Waals surface area contributed by atoms with Crippen molar-refractivity contribution < 1.29 is 22.7 Å². The number of hydrogen-bond donors (Lipinski definition) is 0. The molecule has 6 heteroatoms. The van der Waals surface area contributed by atoms with Gasteiger partial charge < -0.3 is 4.74 Å². The Morgan fingerprint density at radius 1 is 1.17 bits per heavy atom. The molecule has 0 fully saturated rings. The van der Waals surface area contributed by atoms with Gasteiger partial charge in [0, 0.05) is 11.1 Å². The van der Waals surface area contributed by atoms with Crippen molar-refractivity contribution in [1.29, 1.82) is 0 Å². The lowest BCUT2D eigenvalue weighted by Gasteiger charge is -2.16. The van der Waals surface area contributed by atoms with Crippen molar-refractivity contribution in [2.24, 2.45) is 0 Å². The van der Waals surface area contributed by atoms with Crippen LogP contribution in [0.25, 0.3) is 0 Å². The van der Waals surface area contributed by atoms with Crippen molar-refractivity contribution in [2.75, 3.05) is 0 Å². The quantitative estimate of drug-likeness (QED) is 0.654. The SMILES string of the molecule is Cc1ccc(OCc2c(C)cccc2C(=O)Br)c(C(F)(F)F)c1. The maximum absolute atomic E-state index is 13.1. The van der Waals surface area contributed by atoms with Crippen LogP contribution in [-0.4, -0.2) is 4.69 Å². The molecule has 0 amide bonds. The van der Waals surface area contributed by atoms with Crippen LogP contribution >= 0.6 is 15.9 Å². The molecule has 0 atom stereocenters. The molecule has 0 spiro atoms. The van der Waals surface area contributed by atoms with Gasteiger partial charge in [0.2, 0.25) is 4.69 Å². The number of hydrogen-bond acceptors (Lipinski definition) is 2. The number of alkyl halides is 3. The van der Waals surface area contributed by atoms with Gasteiger partial charge in [-0.05, 0) is 47.5 Å². The summed E-state index contributed by atoms with van der Waals surface area (Å²) in [6, 6.07) is 8.98. The zero-order chi connectivity index (χ0) is 17.2. The second kappa shape index (κ2) is 6.74. The monoisotopic (exact) mass is 386 g/mol. The number of halogens is 4. The molecule has 0 aromatic heterocycles. The molecule has 0 N–H and O–H groups in total. The lowest BCUT2D eigenvalue weighted by molar-refractivity contribution is -0.139. The van der Waals surface area contributed by atoms with Gasteiger partial charge in [-0.1, -0.05) is 29.8 Å². The molecule has 0 radical (unpaired) electrons. The second-order valence-electron chi connectivity index (χ2n) is 5.16. The summed E-state index contributed by atoms with van der Waals surface area (Å²) < 4.78 is 44.3. The molecule has 23 heavy (non-hydrogen) atoms. The van der Waals surface area contributed by atoms with Gasteiger partial charge >= 0.3 is 6.18 Å². The van der Waals surface area contributed by atoms with Crippen LogP contribution < -0.4 is 4.74 Å². The Bertz CT molecular complexity index is 739. The van der Waals surface area contributed by atoms with Crippen LogP contribution in [0.1, 0.15) is 32.6 Å². The Morgan fingerprint density at radius 2 is 1.87 bits per heavy atom. The minimum absolute atomic E-state index is 0.120. The molecule has 122 valence electrons. The van der Waals surface area contributed by atoms with Crippen molar-refractivity contribution in [3.63, 3.8) is 0 Å². The van der Waals surface area contributed by atoms with Gasteiger partial charge in [-0.15, -0.1) is 0 Å². The van der Waals surface area contributed by atoms with Crippen LogP contribution in [0.2, 0.25) is 0 Å². The molecule has 0 aliphatic rings. The normalized spacial score (nSPS) is 11.4. The summed E-state index contributed by atoms with van der Waals surface area (Å²) in [5.74, 6) is -0.251. The Balaban J connectivity index is 2.35. The van der Waals surface area contributed by atoms with Crippen molar-refractivity contribution in [1.82, 2.24) is 0 Å². The van der Waals surface area contributed by atoms with E-state index in [1.165, 1.54) is 6.07 Å². The number of ether oxygens (including phenoxy) is 1. The number of carbonyl (C=O) groups is 1. The third-order valence-electron chi connectivity index (χ3n) is 3.43. The Kier molecular flexibility index (Phi) is 5.14. The largest absolute Gasteiger partial charge is 0.488 e. The predicted molar refractivity (Wildman–Crippen MR) is 84.9 cm³/mol. The summed E-state index contributed by atoms with van der Waals surface area (Å²) in [4.78, 5) is 11.6. The molecular weight excluding hydrogens is 373 g/mol. The van der Waals surface area contributed by atoms with E-state index < -0.39 is 11.7 Å². The fourth-order valence-electron chi connectivity index (χ4n) is 2.22. The summed E-state index contributed by atoms with van der Waals surface area (Å²) in [5, 5.41) is 0. The van der Waals surface area contributed by atoms with E-state index in [1.807, 2.05) is 0 Å². The highest BCUT2D eigenvalue weighted by Gasteiger charge is 2.34. The third-order valence-corrected chi connectivity index (χ3v) is 3.86. The van der Waals surface area contributed by atoms with Crippen molar-refractivity contribution in [3.8, 4) is 5.75 Å². The van der Waals surface area contributed by atoms with Crippen LogP contribution in [-0.2, 0) is 12.8 Å². The standard InChI is InChI=1S/C17H14BrF3O2/c1-10-6-7-15(14(8-10)17(19,20)21)23-9-13-11(2)4-3-5-12(13)16(18)22/h3-8H,9H2,1-2H3. The van der Waals surface area contributed by atoms with Crippen LogP contribution in [0, 0.1) is 13.8 Å². The molecule has 2 rings (SSSR count). The lowest BCUT2D eigenvalue weighted by Crippen LogP contribution is -2.10. The Labute approximate surface area is 140 Å². The summed E-state index contributed by atoms with van der Waals surface area (Å²) in [7, 11) is 0. The fourth-order valence-corrected chi connectivity index (χ4v) is 2.59. The predicted octanol–water partition coefficient (Wildman–Crippen LogP) is 5.44. The molecule has 0 bridgehead atoms. The maximum atomic E-state index is 13.1. The summed E-state index contributed by atoms with van der Waals surface area (Å²) in [5.41, 5.74) is 1.39. The highest BCUT2D eigenvalue weighted by atomic mass is 79.9. The molecule has 0 heterocycles. The van der Waals surface area contributed by atoms with Gasteiger partial charge in [-0.2, -0.15) is 13.2 Å². The van der Waals surface area contributed by atoms with E-state index in [-0.39, 0.29) is 17.0 Å². The summed E-state index contributed by atoms with van der Waals surface area (Å²) in [6.45, 7) is 3.24. The zero-order valence-corrected chi connectivity index (χ0v) is 14.1. The highest BCUT2D eigenvalue weighted by molar-refractivity contribution is 9.18. The maximum Gasteiger partial charge on any atom is 0.419 e. The average Bonchev–Trinajstić information content (AvgIpc) is 2.45. The minimum atomic E-state index is -4.50. The summed E-state index contributed by atoms with van der Waals surface area (Å²) in [6.07, 6.45) is -4.50. The van der Waals surface area contributed by atoms with E-state index in [9.17, 15) is 18.0 Å². The first-order valence-corrected chi connectivity index (χ1v) is 7.58. The number of rotatable bonds is 4. The third kappa shape index (κ3) is 4.13. The van der Waals surface area contributed by atoms with E-state index >= 15 is 0 Å². The second-order valence-corrected chi connectivity index (χ2v) is 5.88. The van der Waals surface area contributed by atoms with Crippen molar-refractivity contribution in [3.05, 3.63) is 64.2 Å². The molecule has 0 aliphatic heterocycles. The number of aryl methyl sites for hydroxylation is 2. The first-order valence-electron chi connectivity index (χ1n) is 6.79. The Hall–Kier alpha value is -1.82. The smallest absolute Gasteiger partial charge is 0.419 e. The van der Waals surface area contributed by atoms with E-state index in [4.69, 9.17) is 4.74 Å². The van der Waals surface area contributed by atoms with Crippen LogP contribution in [0.15, 0.2) is 36.4 Å². The van der Waals surface area contributed by atoms with E-state index in [2.05, 4.69) is 15.9 Å². The van der Waals surface area contributed by atoms with Gasteiger partial charge in [0.05, 0.1) is 5.56 Å². The summed E-state index contributed by atoms with van der Waals surface area (Å²) >= 11 is 2.88. The minimum Gasteiger partial charge on any atom is -0.488 e. The zero-order valence-electron chi connectivity index (χ0n) is 12.5. The van der Waals surface area contributed by atoms with Crippen LogP contribution in [0.3, 0.4) is 0 Å². The first-order chi connectivity index (χ1) is 10.7. The van der Waals surface area contributed by atoms with Crippen molar-refractivity contribution in [2.45, 2.75) is 26.6 Å². The number of benzene rings is 2. The molecule has 2 aromatic rings. The molecule has 0 saturated heterocycles. The highest BCUT2D eigenvalue weighted by Crippen LogP contribution is 2.37. The average molecular weight is 387 g/mol. The van der Waals surface area contributed by atoms with Crippen LogP contribution in [0.5, 0.6) is 5.75 Å². The van der Waals surface area contributed by atoms with Gasteiger partial charge in [0.25, 0.3) is 0 Å². The number of carbonyl (C=O) groups excluding carboxylic acids is 1. The van der Waals surface area contributed by atoms with Gasteiger partial charge in [-0.25, -0.2) is 0 Å². The molecule has 2 aromatic carbocycles. The van der Waals surface area contributed by atoms with E-state index in [0.717, 1.165) is 11.6 Å². The van der Waals surface area contributed by atoms with Gasteiger partial charge in [0.1, 0.15) is 12.4 Å². The van der Waals surface area contributed by atoms with E-state index in [0.29, 0.717) is 16.7 Å². The molecule has 2 nitrogen and oxygen atoms in total. The molecular formula is C17H14BrF3O2. The van der Waals surface area contributed by atoms with Gasteiger partial charge in [-0.3, -0.25) is 4.79 Å². The lowest BCUT2D eigenvalue weighted by atomic mass is 10.0. The topological polar surface area (TPSA) is 26.3 Å². The first kappa shape index (κ1) is 17.5. The molecule has 0 unspecified atom stereocenters. The molecule has 0 aliphatic carbocycles. The molecule has 0 saturated carbocycles. The Morgan fingerprint density at radius 3 is 2.48 bits per heavy atom. The van der Waals surface area contributed by atoms with Gasteiger partial charge in [0.15, 0.2) is 0 Å². The van der Waals surface area contributed by atoms with Crippen LogP contribution in [0.4, 0.5) is 13.2 Å².